The molecule has 3 heterocycles. The van der Waals surface area contributed by atoms with Gasteiger partial charge >= 0.3 is 0 Å². The molecule has 1 aromatic carbocycles. The van der Waals surface area contributed by atoms with Crippen LogP contribution in [0.2, 0.25) is 5.02 Å². The Balaban J connectivity index is 1.55. The van der Waals surface area contributed by atoms with Crippen LogP contribution in [0.4, 0.5) is 0 Å². The Morgan fingerprint density at radius 3 is 2.48 bits per heavy atom. The summed E-state index contributed by atoms with van der Waals surface area (Å²) in [4.78, 5) is 32.5. The van der Waals surface area contributed by atoms with Crippen LogP contribution < -0.4 is 0 Å². The third-order valence-electron chi connectivity index (χ3n) is 6.33. The van der Waals surface area contributed by atoms with Crippen molar-refractivity contribution in [2.75, 3.05) is 59.1 Å². The van der Waals surface area contributed by atoms with E-state index in [0.717, 1.165) is 52.1 Å². The minimum atomic E-state index is -0.240. The number of morpholine rings is 1. The van der Waals surface area contributed by atoms with Crippen LogP contribution in [0.1, 0.15) is 24.8 Å². The van der Waals surface area contributed by atoms with Gasteiger partial charge in [-0.15, -0.1) is 0 Å². The smallest absolute Gasteiger partial charge is 0.277 e. The first-order valence-corrected chi connectivity index (χ1v) is 11.5. The zero-order valence-electron chi connectivity index (χ0n) is 17.8. The Morgan fingerprint density at radius 1 is 1.03 bits per heavy atom. The minimum absolute atomic E-state index is 0.0887. The molecule has 2 saturated heterocycles. The average Bonchev–Trinajstić information content (AvgIpc) is 3.05. The van der Waals surface area contributed by atoms with E-state index in [1.54, 1.807) is 24.3 Å². The lowest BCUT2D eigenvalue weighted by atomic mass is 9.97. The highest BCUT2D eigenvalue weighted by molar-refractivity contribution is 6.36. The molecule has 4 rings (SSSR count). The Hall–Kier alpha value is -1.93. The van der Waals surface area contributed by atoms with Crippen molar-refractivity contribution in [1.29, 1.82) is 0 Å². The molecule has 2 fully saturated rings. The number of amides is 2. The fourth-order valence-corrected chi connectivity index (χ4v) is 4.76. The van der Waals surface area contributed by atoms with Crippen LogP contribution >= 0.6 is 11.6 Å². The fraction of sp³-hybridized carbons (Fsp3) is 0.565. The minimum Gasteiger partial charge on any atom is -0.396 e. The molecule has 3 aliphatic rings. The number of nitrogens with zero attached hydrogens (tertiary/aromatic N) is 3. The zero-order valence-corrected chi connectivity index (χ0v) is 18.5. The lowest BCUT2D eigenvalue weighted by Gasteiger charge is -2.34. The van der Waals surface area contributed by atoms with E-state index in [-0.39, 0.29) is 24.3 Å². The number of carbonyl (C=O) groups is 2. The maximum atomic E-state index is 13.4. The molecule has 0 aromatic heterocycles. The summed E-state index contributed by atoms with van der Waals surface area (Å²) in [6.07, 6.45) is 2.56. The summed E-state index contributed by atoms with van der Waals surface area (Å²) in [5.41, 5.74) is 1.63. The van der Waals surface area contributed by atoms with Crippen LogP contribution in [0, 0.1) is 5.92 Å². The first-order chi connectivity index (χ1) is 15.1. The van der Waals surface area contributed by atoms with E-state index in [0.29, 0.717) is 41.5 Å². The molecule has 168 valence electrons. The van der Waals surface area contributed by atoms with Crippen molar-refractivity contribution in [3.8, 4) is 0 Å². The third-order valence-corrected chi connectivity index (χ3v) is 6.58. The summed E-state index contributed by atoms with van der Waals surface area (Å²) >= 11 is 6.05. The number of ether oxygens (including phenoxy) is 1. The van der Waals surface area contributed by atoms with E-state index in [9.17, 15) is 14.7 Å². The van der Waals surface area contributed by atoms with Gasteiger partial charge in [-0.05, 0) is 42.9 Å². The maximum Gasteiger partial charge on any atom is 0.277 e. The molecule has 1 atom stereocenters. The quantitative estimate of drug-likeness (QED) is 0.643. The van der Waals surface area contributed by atoms with E-state index in [4.69, 9.17) is 16.3 Å². The van der Waals surface area contributed by atoms with Gasteiger partial charge in [0.05, 0.1) is 18.8 Å². The maximum absolute atomic E-state index is 13.4. The van der Waals surface area contributed by atoms with Crippen LogP contribution in [-0.2, 0) is 14.3 Å². The molecule has 0 saturated carbocycles. The summed E-state index contributed by atoms with van der Waals surface area (Å²) in [6.45, 7) is 5.85. The molecule has 8 heteroatoms. The molecule has 0 bridgehead atoms. The number of piperidine rings is 1. The summed E-state index contributed by atoms with van der Waals surface area (Å²) in [5.74, 6) is -0.350. The number of hydrogen-bond donors (Lipinski definition) is 1. The highest BCUT2D eigenvalue weighted by Crippen LogP contribution is 2.34. The first kappa shape index (κ1) is 22.3. The predicted molar refractivity (Wildman–Crippen MR) is 118 cm³/mol. The van der Waals surface area contributed by atoms with Gasteiger partial charge in [0, 0.05) is 50.9 Å². The van der Waals surface area contributed by atoms with Crippen molar-refractivity contribution in [3.05, 3.63) is 40.5 Å². The molecule has 1 unspecified atom stereocenters. The number of hydrogen-bond acceptors (Lipinski definition) is 6. The van der Waals surface area contributed by atoms with Crippen LogP contribution in [0.5, 0.6) is 0 Å². The van der Waals surface area contributed by atoms with E-state index in [1.807, 2.05) is 4.90 Å². The van der Waals surface area contributed by atoms with Gasteiger partial charge in [-0.25, -0.2) is 0 Å². The van der Waals surface area contributed by atoms with Crippen molar-refractivity contribution >= 4 is 29.0 Å². The third kappa shape index (κ3) is 4.95. The number of rotatable bonds is 7. The van der Waals surface area contributed by atoms with Crippen LogP contribution in [-0.4, -0.2) is 90.7 Å². The van der Waals surface area contributed by atoms with Crippen molar-refractivity contribution in [2.24, 2.45) is 5.92 Å². The second-order valence-corrected chi connectivity index (χ2v) is 8.87. The number of carbonyl (C=O) groups excluding carboxylic acids is 2. The molecule has 3 aliphatic heterocycles. The Kier molecular flexibility index (Phi) is 7.27. The van der Waals surface area contributed by atoms with Crippen molar-refractivity contribution < 1.29 is 19.4 Å². The topological polar surface area (TPSA) is 73.3 Å². The van der Waals surface area contributed by atoms with Crippen molar-refractivity contribution in [3.63, 3.8) is 0 Å². The summed E-state index contributed by atoms with van der Waals surface area (Å²) in [5, 5.41) is 10.2. The normalized spacial score (nSPS) is 23.2. The number of aliphatic hydroxyl groups is 1. The van der Waals surface area contributed by atoms with Gasteiger partial charge < -0.3 is 14.7 Å². The molecular weight excluding hydrogens is 418 g/mol. The number of likely N-dealkylation sites (tertiary alicyclic amines) is 1. The molecule has 1 N–H and O–H groups in total. The molecule has 7 nitrogen and oxygen atoms in total. The fourth-order valence-electron chi connectivity index (χ4n) is 4.63. The first-order valence-electron chi connectivity index (χ1n) is 11.1. The molecule has 1 aromatic rings. The standard InChI is InChI=1S/C23H30ClN3O4/c24-19-6-4-18(5-7-19)20-21(26-9-1-3-17(15-26)16-28)23(30)27(22(20)29)10-2-8-25-11-13-31-14-12-25/h4-7,17,28H,1-3,8-16H2. The Bertz CT molecular complexity index is 836. The van der Waals surface area contributed by atoms with Crippen molar-refractivity contribution in [1.82, 2.24) is 14.7 Å². The number of benzene rings is 1. The van der Waals surface area contributed by atoms with Gasteiger partial charge in [0.1, 0.15) is 5.70 Å². The average molecular weight is 448 g/mol. The van der Waals surface area contributed by atoms with E-state index in [1.165, 1.54) is 4.90 Å². The summed E-state index contributed by atoms with van der Waals surface area (Å²) < 4.78 is 5.38. The van der Waals surface area contributed by atoms with Crippen LogP contribution in [0.15, 0.2) is 30.0 Å². The van der Waals surface area contributed by atoms with Gasteiger partial charge in [-0.1, -0.05) is 23.7 Å². The SMILES string of the molecule is O=C1C(c2ccc(Cl)cc2)=C(N2CCCC(CO)C2)C(=O)N1CCCN1CCOCC1. The van der Waals surface area contributed by atoms with Gasteiger partial charge in [-0.3, -0.25) is 19.4 Å². The largest absolute Gasteiger partial charge is 0.396 e. The van der Waals surface area contributed by atoms with Gasteiger partial charge in [-0.2, -0.15) is 0 Å². The molecule has 0 aliphatic carbocycles. The number of halogens is 1. The lowest BCUT2D eigenvalue weighted by molar-refractivity contribution is -0.137. The lowest BCUT2D eigenvalue weighted by Crippen LogP contribution is -2.42. The molecule has 0 spiro atoms. The second kappa shape index (κ2) is 10.1. The molecule has 2 amide bonds. The number of imide groups is 1. The predicted octanol–water partition coefficient (Wildman–Crippen LogP) is 1.85. The van der Waals surface area contributed by atoms with E-state index in [2.05, 4.69) is 4.90 Å². The van der Waals surface area contributed by atoms with Crippen LogP contribution in [0.3, 0.4) is 0 Å². The highest BCUT2D eigenvalue weighted by Gasteiger charge is 2.42. The number of aliphatic hydroxyl groups excluding tert-OH is 1. The van der Waals surface area contributed by atoms with Crippen molar-refractivity contribution in [2.45, 2.75) is 19.3 Å². The summed E-state index contributed by atoms with van der Waals surface area (Å²) in [7, 11) is 0. The highest BCUT2D eigenvalue weighted by atomic mass is 35.5. The van der Waals surface area contributed by atoms with Gasteiger partial charge in [0.2, 0.25) is 0 Å². The van der Waals surface area contributed by atoms with Gasteiger partial charge in [0.15, 0.2) is 0 Å². The van der Waals surface area contributed by atoms with E-state index < -0.39 is 0 Å². The van der Waals surface area contributed by atoms with E-state index >= 15 is 0 Å². The molecular formula is C23H30ClN3O4. The zero-order chi connectivity index (χ0) is 21.8. The summed E-state index contributed by atoms with van der Waals surface area (Å²) in [6, 6.07) is 7.08. The second-order valence-electron chi connectivity index (χ2n) is 8.44. The Morgan fingerprint density at radius 2 is 1.77 bits per heavy atom. The van der Waals surface area contributed by atoms with Gasteiger partial charge in [0.25, 0.3) is 11.8 Å². The Labute approximate surface area is 188 Å². The molecule has 31 heavy (non-hydrogen) atoms. The monoisotopic (exact) mass is 447 g/mol. The van der Waals surface area contributed by atoms with Crippen LogP contribution in [0.25, 0.3) is 5.57 Å². The molecule has 0 radical (unpaired) electrons.